The van der Waals surface area contributed by atoms with Crippen LogP contribution in [0.15, 0.2) is 36.4 Å². The maximum absolute atomic E-state index is 13.1. The third-order valence-electron chi connectivity index (χ3n) is 2.52. The van der Waals surface area contributed by atoms with Crippen molar-refractivity contribution in [1.82, 2.24) is 4.98 Å². The highest BCUT2D eigenvalue weighted by atomic mass is 35.5. The van der Waals surface area contributed by atoms with Crippen LogP contribution in [-0.2, 0) is 0 Å². The smallest absolute Gasteiger partial charge is 0.188 e. The van der Waals surface area contributed by atoms with Gasteiger partial charge in [-0.15, -0.1) is 0 Å². The molecule has 0 amide bonds. The fourth-order valence-electron chi connectivity index (χ4n) is 1.66. The second kappa shape index (κ2) is 4.75. The number of benzene rings is 2. The van der Waals surface area contributed by atoms with Gasteiger partial charge < -0.3 is 5.32 Å². The van der Waals surface area contributed by atoms with E-state index >= 15 is 0 Å². The summed E-state index contributed by atoms with van der Waals surface area (Å²) >= 11 is 7.22. The minimum atomic E-state index is -0.401. The van der Waals surface area contributed by atoms with Gasteiger partial charge in [0, 0.05) is 0 Å². The Morgan fingerprint density at radius 1 is 1.05 bits per heavy atom. The Kier molecular flexibility index (Phi) is 3.08. The maximum atomic E-state index is 13.1. The molecule has 0 unspecified atom stereocenters. The van der Waals surface area contributed by atoms with Crippen molar-refractivity contribution in [3.05, 3.63) is 53.1 Å². The Hall–Kier alpha value is -1.72. The summed E-state index contributed by atoms with van der Waals surface area (Å²) in [5.74, 6) is -0.704. The molecular weight excluding hydrogens is 290 g/mol. The molecule has 2 aromatic carbocycles. The molecule has 1 N–H and O–H groups in total. The lowest BCUT2D eigenvalue weighted by Crippen LogP contribution is -1.90. The lowest BCUT2D eigenvalue weighted by atomic mass is 10.3. The summed E-state index contributed by atoms with van der Waals surface area (Å²) in [5.41, 5.74) is 1.26. The second-order valence-electron chi connectivity index (χ2n) is 3.88. The highest BCUT2D eigenvalue weighted by Gasteiger charge is 2.07. The number of nitrogens with zero attached hydrogens (tertiary/aromatic N) is 1. The van der Waals surface area contributed by atoms with Gasteiger partial charge in [0.2, 0.25) is 0 Å². The Morgan fingerprint density at radius 3 is 2.58 bits per heavy atom. The number of anilines is 2. The number of hydrogen-bond donors (Lipinski definition) is 1. The third kappa shape index (κ3) is 2.52. The molecule has 0 spiro atoms. The lowest BCUT2D eigenvalue weighted by molar-refractivity contribution is 0.628. The van der Waals surface area contributed by atoms with Gasteiger partial charge in [-0.2, -0.15) is 0 Å². The van der Waals surface area contributed by atoms with E-state index in [1.165, 1.54) is 41.7 Å². The average molecular weight is 297 g/mol. The molecule has 0 fully saturated rings. The third-order valence-corrected chi connectivity index (χ3v) is 3.77. The Balaban J connectivity index is 1.96. The van der Waals surface area contributed by atoms with Crippen LogP contribution in [-0.4, -0.2) is 4.98 Å². The number of thiazole rings is 1. The Labute approximate surface area is 116 Å². The van der Waals surface area contributed by atoms with E-state index in [9.17, 15) is 8.78 Å². The predicted molar refractivity (Wildman–Crippen MR) is 74.3 cm³/mol. The first-order valence-corrected chi connectivity index (χ1v) is 6.59. The SMILES string of the molecule is Fc1ccc(Nc2nc3ccc(F)cc3s2)c(Cl)c1. The number of fused-ring (bicyclic) bond motifs is 1. The first kappa shape index (κ1) is 12.3. The van der Waals surface area contributed by atoms with E-state index < -0.39 is 5.82 Å². The van der Waals surface area contributed by atoms with Crippen molar-refractivity contribution < 1.29 is 8.78 Å². The molecule has 0 saturated carbocycles. The van der Waals surface area contributed by atoms with Crippen LogP contribution in [0.1, 0.15) is 0 Å². The van der Waals surface area contributed by atoms with Crippen LogP contribution in [0.4, 0.5) is 19.6 Å². The Bertz CT molecular complexity index is 757. The van der Waals surface area contributed by atoms with Crippen molar-refractivity contribution in [2.24, 2.45) is 0 Å². The molecule has 1 heterocycles. The normalized spacial score (nSPS) is 10.9. The van der Waals surface area contributed by atoms with E-state index in [0.717, 1.165) is 4.70 Å². The van der Waals surface area contributed by atoms with Gasteiger partial charge >= 0.3 is 0 Å². The molecule has 3 rings (SSSR count). The fourth-order valence-corrected chi connectivity index (χ4v) is 2.78. The molecule has 0 aliphatic heterocycles. The zero-order valence-electron chi connectivity index (χ0n) is 9.45. The van der Waals surface area contributed by atoms with E-state index in [-0.39, 0.29) is 10.8 Å². The van der Waals surface area contributed by atoms with Gasteiger partial charge in [-0.25, -0.2) is 13.8 Å². The second-order valence-corrected chi connectivity index (χ2v) is 5.32. The molecule has 0 aliphatic rings. The molecule has 96 valence electrons. The number of halogens is 3. The van der Waals surface area contributed by atoms with Crippen LogP contribution < -0.4 is 5.32 Å². The van der Waals surface area contributed by atoms with Crippen molar-refractivity contribution in [2.75, 3.05) is 5.32 Å². The maximum Gasteiger partial charge on any atom is 0.188 e. The minimum absolute atomic E-state index is 0.269. The standard InChI is InChI=1S/C13H7ClF2N2S/c14-9-5-7(15)1-3-10(9)17-13-18-11-4-2-8(16)6-12(11)19-13/h1-6H,(H,17,18). The monoisotopic (exact) mass is 296 g/mol. The first-order valence-electron chi connectivity index (χ1n) is 5.40. The van der Waals surface area contributed by atoms with E-state index in [0.29, 0.717) is 16.3 Å². The minimum Gasteiger partial charge on any atom is -0.330 e. The molecule has 19 heavy (non-hydrogen) atoms. The van der Waals surface area contributed by atoms with Gasteiger partial charge in [-0.05, 0) is 36.4 Å². The van der Waals surface area contributed by atoms with Crippen LogP contribution in [0.25, 0.3) is 10.2 Å². The molecule has 0 aliphatic carbocycles. The molecule has 1 aromatic heterocycles. The molecular formula is C13H7ClF2N2S. The fraction of sp³-hybridized carbons (Fsp3) is 0. The zero-order chi connectivity index (χ0) is 13.4. The molecule has 6 heteroatoms. The van der Waals surface area contributed by atoms with E-state index in [2.05, 4.69) is 10.3 Å². The molecule has 3 aromatic rings. The van der Waals surface area contributed by atoms with Crippen molar-refractivity contribution >= 4 is 44.0 Å². The summed E-state index contributed by atoms with van der Waals surface area (Å²) in [6, 6.07) is 8.45. The summed E-state index contributed by atoms with van der Waals surface area (Å²) in [5, 5.41) is 3.84. The van der Waals surface area contributed by atoms with E-state index in [1.54, 1.807) is 6.07 Å². The van der Waals surface area contributed by atoms with Gasteiger partial charge in [0.15, 0.2) is 5.13 Å². The van der Waals surface area contributed by atoms with Gasteiger partial charge in [0.25, 0.3) is 0 Å². The first-order chi connectivity index (χ1) is 9.11. The summed E-state index contributed by atoms with van der Waals surface area (Å²) in [6.07, 6.45) is 0. The zero-order valence-corrected chi connectivity index (χ0v) is 11.0. The summed E-state index contributed by atoms with van der Waals surface area (Å²) in [4.78, 5) is 4.30. The van der Waals surface area contributed by atoms with Crippen molar-refractivity contribution in [1.29, 1.82) is 0 Å². The van der Waals surface area contributed by atoms with E-state index in [4.69, 9.17) is 11.6 Å². The number of rotatable bonds is 2. The number of aromatic nitrogens is 1. The highest BCUT2D eigenvalue weighted by molar-refractivity contribution is 7.22. The largest absolute Gasteiger partial charge is 0.330 e. The topological polar surface area (TPSA) is 24.9 Å². The summed E-state index contributed by atoms with van der Waals surface area (Å²) in [6.45, 7) is 0. The quantitative estimate of drug-likeness (QED) is 0.722. The van der Waals surface area contributed by atoms with E-state index in [1.807, 2.05) is 0 Å². The van der Waals surface area contributed by atoms with Gasteiger partial charge in [-0.1, -0.05) is 22.9 Å². The lowest BCUT2D eigenvalue weighted by Gasteiger charge is -2.04. The van der Waals surface area contributed by atoms with Crippen molar-refractivity contribution in [2.45, 2.75) is 0 Å². The van der Waals surface area contributed by atoms with Crippen LogP contribution in [0.3, 0.4) is 0 Å². The number of hydrogen-bond acceptors (Lipinski definition) is 3. The number of nitrogens with one attached hydrogen (secondary N) is 1. The molecule has 0 radical (unpaired) electrons. The van der Waals surface area contributed by atoms with Crippen LogP contribution in [0.5, 0.6) is 0 Å². The van der Waals surface area contributed by atoms with Gasteiger partial charge in [-0.3, -0.25) is 0 Å². The predicted octanol–water partition coefficient (Wildman–Crippen LogP) is 4.97. The molecule has 2 nitrogen and oxygen atoms in total. The average Bonchev–Trinajstić information content (AvgIpc) is 2.74. The van der Waals surface area contributed by atoms with Crippen LogP contribution >= 0.6 is 22.9 Å². The van der Waals surface area contributed by atoms with Gasteiger partial charge in [0.1, 0.15) is 11.6 Å². The molecule has 0 bridgehead atoms. The van der Waals surface area contributed by atoms with Crippen molar-refractivity contribution in [3.63, 3.8) is 0 Å². The van der Waals surface area contributed by atoms with Crippen molar-refractivity contribution in [3.8, 4) is 0 Å². The highest BCUT2D eigenvalue weighted by Crippen LogP contribution is 2.31. The molecule has 0 atom stereocenters. The Morgan fingerprint density at radius 2 is 1.79 bits per heavy atom. The van der Waals surface area contributed by atoms with Crippen LogP contribution in [0, 0.1) is 11.6 Å². The summed E-state index contributed by atoms with van der Waals surface area (Å²) < 4.78 is 26.7. The van der Waals surface area contributed by atoms with Gasteiger partial charge in [0.05, 0.1) is 20.9 Å². The molecule has 0 saturated heterocycles. The summed E-state index contributed by atoms with van der Waals surface area (Å²) in [7, 11) is 0. The van der Waals surface area contributed by atoms with Crippen LogP contribution in [0.2, 0.25) is 5.02 Å².